The number of aromatic nitrogens is 4. The summed E-state index contributed by atoms with van der Waals surface area (Å²) in [4.78, 5) is 27.5. The average Bonchev–Trinajstić information content (AvgIpc) is 2.96. The zero-order valence-electron chi connectivity index (χ0n) is 13.3. The summed E-state index contributed by atoms with van der Waals surface area (Å²) in [6, 6.07) is 3.37. The summed E-state index contributed by atoms with van der Waals surface area (Å²) in [5, 5.41) is 0.519. The lowest BCUT2D eigenvalue weighted by molar-refractivity contribution is 0.570. The van der Waals surface area contributed by atoms with E-state index in [2.05, 4.69) is 9.71 Å². The van der Waals surface area contributed by atoms with Crippen LogP contribution in [0.15, 0.2) is 45.2 Å². The minimum atomic E-state index is -4.11. The fraction of sp³-hybridized carbons (Fsp3) is 0.214. The van der Waals surface area contributed by atoms with Crippen molar-refractivity contribution in [3.8, 4) is 0 Å². The molecule has 0 atom stereocenters. The molecule has 0 aromatic carbocycles. The molecule has 0 saturated carbocycles. The number of fused-ring (bicyclic) bond motifs is 1. The van der Waals surface area contributed by atoms with Crippen LogP contribution >= 0.6 is 11.6 Å². The average molecular weight is 384 g/mol. The molecule has 3 aromatic rings. The molecule has 0 spiro atoms. The van der Waals surface area contributed by atoms with E-state index in [4.69, 9.17) is 11.6 Å². The first-order chi connectivity index (χ1) is 11.7. The molecule has 11 heteroatoms. The van der Waals surface area contributed by atoms with E-state index < -0.39 is 26.2 Å². The number of halogens is 1. The Morgan fingerprint density at radius 1 is 1.16 bits per heavy atom. The first-order valence-corrected chi connectivity index (χ1v) is 8.94. The largest absolute Gasteiger partial charge is 0.330 e. The van der Waals surface area contributed by atoms with Crippen molar-refractivity contribution in [3.05, 3.63) is 62.3 Å². The first-order valence-electron chi connectivity index (χ1n) is 7.08. The van der Waals surface area contributed by atoms with Crippen LogP contribution in [-0.4, -0.2) is 26.9 Å². The predicted octanol–water partition coefficient (Wildman–Crippen LogP) is -0.136. The molecule has 0 saturated heterocycles. The van der Waals surface area contributed by atoms with Crippen LogP contribution in [0.5, 0.6) is 0 Å². The lowest BCUT2D eigenvalue weighted by Crippen LogP contribution is -2.41. The van der Waals surface area contributed by atoms with Gasteiger partial charge in [-0.15, -0.1) is 0 Å². The Kier molecular flexibility index (Phi) is 4.27. The van der Waals surface area contributed by atoms with Crippen LogP contribution in [0, 0.1) is 0 Å². The van der Waals surface area contributed by atoms with E-state index in [1.54, 1.807) is 28.9 Å². The highest BCUT2D eigenvalue weighted by molar-refractivity contribution is 7.89. The molecular weight excluding hydrogens is 370 g/mol. The molecule has 3 heterocycles. The third kappa shape index (κ3) is 3.23. The van der Waals surface area contributed by atoms with Gasteiger partial charge in [-0.3, -0.25) is 9.36 Å². The summed E-state index contributed by atoms with van der Waals surface area (Å²) in [5.41, 5.74) is -0.442. The van der Waals surface area contributed by atoms with Crippen molar-refractivity contribution in [3.63, 3.8) is 0 Å². The summed E-state index contributed by atoms with van der Waals surface area (Å²) < 4.78 is 30.6. The number of hydrogen-bond acceptors (Lipinski definition) is 5. The number of rotatable bonds is 4. The van der Waals surface area contributed by atoms with E-state index in [1.165, 1.54) is 14.1 Å². The van der Waals surface area contributed by atoms with Crippen molar-refractivity contribution in [2.45, 2.75) is 11.4 Å². The van der Waals surface area contributed by atoms with Crippen molar-refractivity contribution >= 4 is 27.3 Å². The lowest BCUT2D eigenvalue weighted by Gasteiger charge is -2.08. The topological polar surface area (TPSA) is 107 Å². The molecule has 1 N–H and O–H groups in total. The Morgan fingerprint density at radius 2 is 1.88 bits per heavy atom. The number of nitrogens with one attached hydrogen (secondary N) is 1. The van der Waals surface area contributed by atoms with Gasteiger partial charge in [-0.2, -0.15) is 0 Å². The zero-order valence-corrected chi connectivity index (χ0v) is 14.9. The lowest BCUT2D eigenvalue weighted by atomic mass is 10.5. The maximum Gasteiger partial charge on any atom is 0.330 e. The van der Waals surface area contributed by atoms with E-state index in [0.717, 1.165) is 15.3 Å². The molecular formula is C14H14ClN5O4S. The number of sulfonamides is 1. The van der Waals surface area contributed by atoms with Gasteiger partial charge in [-0.1, -0.05) is 11.6 Å². The fourth-order valence-electron chi connectivity index (χ4n) is 2.31. The van der Waals surface area contributed by atoms with Crippen LogP contribution in [0.3, 0.4) is 0 Å². The number of nitrogens with zero attached hydrogens (tertiary/aromatic N) is 4. The summed E-state index contributed by atoms with van der Waals surface area (Å²) in [6.45, 7) is -0.117. The second-order valence-corrected chi connectivity index (χ2v) is 7.59. The van der Waals surface area contributed by atoms with Gasteiger partial charge in [-0.25, -0.2) is 22.9 Å². The summed E-state index contributed by atoms with van der Waals surface area (Å²) in [7, 11) is -1.53. The quantitative estimate of drug-likeness (QED) is 0.675. The van der Waals surface area contributed by atoms with Gasteiger partial charge < -0.3 is 8.97 Å². The van der Waals surface area contributed by atoms with E-state index in [9.17, 15) is 18.0 Å². The minimum Gasteiger partial charge on any atom is -0.305 e. The molecule has 25 heavy (non-hydrogen) atoms. The number of hydrogen-bond donors (Lipinski definition) is 1. The van der Waals surface area contributed by atoms with Crippen molar-refractivity contribution in [2.24, 2.45) is 14.1 Å². The van der Waals surface area contributed by atoms with E-state index in [-0.39, 0.29) is 6.54 Å². The Balaban J connectivity index is 1.91. The van der Waals surface area contributed by atoms with Gasteiger partial charge in [0, 0.05) is 32.7 Å². The van der Waals surface area contributed by atoms with Gasteiger partial charge in [-0.05, 0) is 12.1 Å². The molecule has 132 valence electrons. The van der Waals surface area contributed by atoms with Gasteiger partial charge in [0.25, 0.3) is 5.56 Å². The molecule has 0 fully saturated rings. The smallest absolute Gasteiger partial charge is 0.305 e. The molecule has 0 amide bonds. The summed E-state index contributed by atoms with van der Waals surface area (Å²) in [6.07, 6.45) is 4.27. The van der Waals surface area contributed by atoms with Crippen molar-refractivity contribution in [1.29, 1.82) is 0 Å². The Hall–Kier alpha value is -2.43. The molecule has 0 unspecified atom stereocenters. The van der Waals surface area contributed by atoms with Crippen molar-refractivity contribution in [2.75, 3.05) is 0 Å². The standard InChI is InChI=1S/C14H14ClN5O4S/c1-18-8-11(13(21)19(2)14(18)22)25(23,24)16-5-10-7-20-6-9(15)3-4-12(20)17-10/h3-4,6-8,16H,5H2,1-2H3. The number of pyridine rings is 1. The first kappa shape index (κ1) is 17.4. The molecule has 0 aliphatic rings. The maximum atomic E-state index is 12.4. The normalized spacial score (nSPS) is 12.0. The number of aryl methyl sites for hydroxylation is 1. The predicted molar refractivity (Wildman–Crippen MR) is 91.2 cm³/mol. The highest BCUT2D eigenvalue weighted by Gasteiger charge is 2.21. The second kappa shape index (κ2) is 6.14. The molecule has 0 aliphatic heterocycles. The van der Waals surface area contributed by atoms with E-state index >= 15 is 0 Å². The Bertz CT molecular complexity index is 1190. The van der Waals surface area contributed by atoms with Crippen LogP contribution in [0.25, 0.3) is 5.65 Å². The molecule has 3 rings (SSSR count). The highest BCUT2D eigenvalue weighted by Crippen LogP contribution is 2.12. The SMILES string of the molecule is Cn1cc(S(=O)(=O)NCc2cn3cc(Cl)ccc3n2)c(=O)n(C)c1=O. The van der Waals surface area contributed by atoms with E-state index in [0.29, 0.717) is 16.4 Å². The van der Waals surface area contributed by atoms with Crippen LogP contribution in [0.2, 0.25) is 5.02 Å². The Morgan fingerprint density at radius 3 is 2.60 bits per heavy atom. The zero-order chi connectivity index (χ0) is 18.4. The van der Waals surface area contributed by atoms with Crippen molar-refractivity contribution < 1.29 is 8.42 Å². The van der Waals surface area contributed by atoms with Crippen LogP contribution in [0.1, 0.15) is 5.69 Å². The fourth-order valence-corrected chi connectivity index (χ4v) is 3.63. The third-order valence-corrected chi connectivity index (χ3v) is 5.22. The Labute approximate surface area is 147 Å². The third-order valence-electron chi connectivity index (χ3n) is 3.61. The summed E-state index contributed by atoms with van der Waals surface area (Å²) in [5.74, 6) is 0. The van der Waals surface area contributed by atoms with Gasteiger partial charge in [0.15, 0.2) is 4.90 Å². The molecule has 0 bridgehead atoms. The van der Waals surface area contributed by atoms with Crippen LogP contribution in [0.4, 0.5) is 0 Å². The molecule has 0 aliphatic carbocycles. The highest BCUT2D eigenvalue weighted by atomic mass is 35.5. The van der Waals surface area contributed by atoms with Crippen molar-refractivity contribution in [1.82, 2.24) is 23.2 Å². The molecule has 0 radical (unpaired) electrons. The van der Waals surface area contributed by atoms with Gasteiger partial charge in [0.05, 0.1) is 17.3 Å². The second-order valence-electron chi connectivity index (χ2n) is 5.42. The van der Waals surface area contributed by atoms with Crippen LogP contribution < -0.4 is 16.0 Å². The van der Waals surface area contributed by atoms with Gasteiger partial charge in [0.1, 0.15) is 5.65 Å². The van der Waals surface area contributed by atoms with Gasteiger partial charge in [0.2, 0.25) is 10.0 Å². The molecule has 9 nitrogen and oxygen atoms in total. The maximum absolute atomic E-state index is 12.4. The summed E-state index contributed by atoms with van der Waals surface area (Å²) >= 11 is 5.89. The molecule has 3 aromatic heterocycles. The van der Waals surface area contributed by atoms with Crippen LogP contribution in [-0.2, 0) is 30.7 Å². The minimum absolute atomic E-state index is 0.117. The van der Waals surface area contributed by atoms with E-state index in [1.807, 2.05) is 0 Å². The van der Waals surface area contributed by atoms with Gasteiger partial charge >= 0.3 is 5.69 Å². The number of imidazole rings is 1. The monoisotopic (exact) mass is 383 g/mol.